The van der Waals surface area contributed by atoms with E-state index in [1.54, 1.807) is 0 Å². The molecule has 0 aliphatic heterocycles. The summed E-state index contributed by atoms with van der Waals surface area (Å²) in [6.45, 7) is 2.22. The SMILES string of the molecule is CCc1ccc(C(CC2CCCCCC2)NC)cc1. The van der Waals surface area contributed by atoms with Gasteiger partial charge in [0.1, 0.15) is 0 Å². The van der Waals surface area contributed by atoms with Crippen LogP contribution in [-0.4, -0.2) is 7.05 Å². The largest absolute Gasteiger partial charge is 0.313 e. The van der Waals surface area contributed by atoms with Crippen molar-refractivity contribution in [3.05, 3.63) is 35.4 Å². The van der Waals surface area contributed by atoms with Crippen LogP contribution in [0.25, 0.3) is 0 Å². The molecule has 1 aliphatic rings. The van der Waals surface area contributed by atoms with Crippen molar-refractivity contribution in [3.8, 4) is 0 Å². The standard InChI is InChI=1S/C18H29N/c1-3-15-10-12-17(13-11-15)18(19-2)14-16-8-6-4-5-7-9-16/h10-13,16,18-19H,3-9,14H2,1-2H3. The van der Waals surface area contributed by atoms with Crippen LogP contribution in [0.1, 0.15) is 69.0 Å². The molecule has 106 valence electrons. The third kappa shape index (κ3) is 4.35. The lowest BCUT2D eigenvalue weighted by Crippen LogP contribution is -2.20. The summed E-state index contributed by atoms with van der Waals surface area (Å²) in [6.07, 6.45) is 11.1. The maximum Gasteiger partial charge on any atom is 0.0320 e. The lowest BCUT2D eigenvalue weighted by Gasteiger charge is -2.23. The van der Waals surface area contributed by atoms with Crippen LogP contribution >= 0.6 is 0 Å². The minimum atomic E-state index is 0.536. The van der Waals surface area contributed by atoms with Crippen LogP contribution in [0.3, 0.4) is 0 Å². The lowest BCUT2D eigenvalue weighted by atomic mass is 9.89. The van der Waals surface area contributed by atoms with Gasteiger partial charge in [0, 0.05) is 6.04 Å². The number of rotatable bonds is 5. The first-order valence-electron chi connectivity index (χ1n) is 8.09. The van der Waals surface area contributed by atoms with Gasteiger partial charge in [-0.3, -0.25) is 0 Å². The first-order chi connectivity index (χ1) is 9.33. The molecular weight excluding hydrogens is 230 g/mol. The maximum atomic E-state index is 3.52. The third-order valence-electron chi connectivity index (χ3n) is 4.68. The monoisotopic (exact) mass is 259 g/mol. The summed E-state index contributed by atoms with van der Waals surface area (Å²) in [4.78, 5) is 0. The molecule has 0 heterocycles. The van der Waals surface area contributed by atoms with E-state index < -0.39 is 0 Å². The average Bonchev–Trinajstić information content (AvgIpc) is 2.73. The molecule has 1 aromatic rings. The normalized spacial score (nSPS) is 19.1. The molecule has 1 saturated carbocycles. The van der Waals surface area contributed by atoms with E-state index in [0.717, 1.165) is 12.3 Å². The van der Waals surface area contributed by atoms with Crippen LogP contribution in [0.15, 0.2) is 24.3 Å². The summed E-state index contributed by atoms with van der Waals surface area (Å²) in [6, 6.07) is 9.74. The number of hydrogen-bond donors (Lipinski definition) is 1. The van der Waals surface area contributed by atoms with Gasteiger partial charge >= 0.3 is 0 Å². The Hall–Kier alpha value is -0.820. The van der Waals surface area contributed by atoms with Crippen LogP contribution in [0.2, 0.25) is 0 Å². The maximum absolute atomic E-state index is 3.52. The summed E-state index contributed by atoms with van der Waals surface area (Å²) in [5, 5.41) is 3.52. The number of benzene rings is 1. The Kier molecular flexibility index (Phi) is 5.91. The van der Waals surface area contributed by atoms with Crippen LogP contribution in [0.4, 0.5) is 0 Å². The fourth-order valence-electron chi connectivity index (χ4n) is 3.34. The summed E-state index contributed by atoms with van der Waals surface area (Å²) >= 11 is 0. The van der Waals surface area contributed by atoms with E-state index in [4.69, 9.17) is 0 Å². The van der Waals surface area contributed by atoms with Crippen LogP contribution in [0.5, 0.6) is 0 Å². The quantitative estimate of drug-likeness (QED) is 0.744. The summed E-state index contributed by atoms with van der Waals surface area (Å²) in [7, 11) is 2.11. The molecule has 19 heavy (non-hydrogen) atoms. The fraction of sp³-hybridized carbons (Fsp3) is 0.667. The van der Waals surface area contributed by atoms with Gasteiger partial charge in [-0.25, -0.2) is 0 Å². The number of hydrogen-bond acceptors (Lipinski definition) is 1. The molecule has 0 spiro atoms. The molecule has 2 rings (SSSR count). The summed E-state index contributed by atoms with van der Waals surface area (Å²) in [5.41, 5.74) is 2.90. The lowest BCUT2D eigenvalue weighted by molar-refractivity contribution is 0.368. The van der Waals surface area contributed by atoms with E-state index >= 15 is 0 Å². The molecular formula is C18H29N. The Morgan fingerprint density at radius 1 is 1.05 bits per heavy atom. The average molecular weight is 259 g/mol. The molecule has 0 bridgehead atoms. The number of aryl methyl sites for hydroxylation is 1. The van der Waals surface area contributed by atoms with E-state index in [9.17, 15) is 0 Å². The highest BCUT2D eigenvalue weighted by Gasteiger charge is 2.18. The van der Waals surface area contributed by atoms with E-state index in [-0.39, 0.29) is 0 Å². The molecule has 0 aromatic heterocycles. The second kappa shape index (κ2) is 7.69. The summed E-state index contributed by atoms with van der Waals surface area (Å²) in [5.74, 6) is 0.922. The minimum Gasteiger partial charge on any atom is -0.313 e. The molecule has 1 aromatic carbocycles. The van der Waals surface area contributed by atoms with Crippen molar-refractivity contribution >= 4 is 0 Å². The Morgan fingerprint density at radius 2 is 1.68 bits per heavy atom. The second-order valence-corrected chi connectivity index (χ2v) is 6.03. The van der Waals surface area contributed by atoms with Crippen molar-refractivity contribution in [2.45, 2.75) is 64.3 Å². The minimum absolute atomic E-state index is 0.536. The summed E-state index contributed by atoms with van der Waals surface area (Å²) < 4.78 is 0. The Morgan fingerprint density at radius 3 is 2.21 bits per heavy atom. The zero-order valence-electron chi connectivity index (χ0n) is 12.6. The van der Waals surface area contributed by atoms with E-state index in [0.29, 0.717) is 6.04 Å². The van der Waals surface area contributed by atoms with E-state index in [2.05, 4.69) is 43.6 Å². The molecule has 0 radical (unpaired) electrons. The smallest absolute Gasteiger partial charge is 0.0320 e. The second-order valence-electron chi connectivity index (χ2n) is 6.03. The molecule has 1 nitrogen and oxygen atoms in total. The number of nitrogens with one attached hydrogen (secondary N) is 1. The van der Waals surface area contributed by atoms with Crippen LogP contribution < -0.4 is 5.32 Å². The Labute approximate surface area is 118 Å². The van der Waals surface area contributed by atoms with E-state index in [1.165, 1.54) is 56.1 Å². The highest BCUT2D eigenvalue weighted by molar-refractivity contribution is 5.25. The molecule has 1 heteroatoms. The molecule has 1 N–H and O–H groups in total. The van der Waals surface area contributed by atoms with Crippen LogP contribution in [0, 0.1) is 5.92 Å². The topological polar surface area (TPSA) is 12.0 Å². The van der Waals surface area contributed by atoms with Crippen molar-refractivity contribution < 1.29 is 0 Å². The third-order valence-corrected chi connectivity index (χ3v) is 4.68. The van der Waals surface area contributed by atoms with Gasteiger partial charge in [0.05, 0.1) is 0 Å². The highest BCUT2D eigenvalue weighted by Crippen LogP contribution is 2.31. The van der Waals surface area contributed by atoms with Gasteiger partial charge in [-0.05, 0) is 36.9 Å². The predicted molar refractivity (Wildman–Crippen MR) is 83.4 cm³/mol. The predicted octanol–water partition coefficient (Wildman–Crippen LogP) is 4.87. The van der Waals surface area contributed by atoms with E-state index in [1.807, 2.05) is 0 Å². The van der Waals surface area contributed by atoms with Gasteiger partial charge in [-0.1, -0.05) is 69.7 Å². The zero-order chi connectivity index (χ0) is 13.5. The van der Waals surface area contributed by atoms with Crippen molar-refractivity contribution in [1.29, 1.82) is 0 Å². The Bertz CT molecular complexity index is 346. The van der Waals surface area contributed by atoms with Crippen molar-refractivity contribution in [1.82, 2.24) is 5.32 Å². The van der Waals surface area contributed by atoms with Gasteiger partial charge in [0.25, 0.3) is 0 Å². The first-order valence-corrected chi connectivity index (χ1v) is 8.09. The van der Waals surface area contributed by atoms with Gasteiger partial charge in [0.15, 0.2) is 0 Å². The van der Waals surface area contributed by atoms with Crippen molar-refractivity contribution in [2.24, 2.45) is 5.92 Å². The Balaban J connectivity index is 1.97. The van der Waals surface area contributed by atoms with Gasteiger partial charge < -0.3 is 5.32 Å². The molecule has 1 atom stereocenters. The molecule has 0 amide bonds. The van der Waals surface area contributed by atoms with Crippen LogP contribution in [-0.2, 0) is 6.42 Å². The van der Waals surface area contributed by atoms with Gasteiger partial charge in [-0.2, -0.15) is 0 Å². The van der Waals surface area contributed by atoms with Gasteiger partial charge in [-0.15, -0.1) is 0 Å². The molecule has 1 unspecified atom stereocenters. The zero-order valence-corrected chi connectivity index (χ0v) is 12.6. The first kappa shape index (κ1) is 14.6. The molecule has 0 saturated heterocycles. The fourth-order valence-corrected chi connectivity index (χ4v) is 3.34. The molecule has 1 aliphatic carbocycles. The van der Waals surface area contributed by atoms with Crippen molar-refractivity contribution in [2.75, 3.05) is 7.05 Å². The van der Waals surface area contributed by atoms with Crippen molar-refractivity contribution in [3.63, 3.8) is 0 Å². The molecule has 1 fully saturated rings. The van der Waals surface area contributed by atoms with Gasteiger partial charge in [0.2, 0.25) is 0 Å². The highest BCUT2D eigenvalue weighted by atomic mass is 14.9.